The summed E-state index contributed by atoms with van der Waals surface area (Å²) in [6.07, 6.45) is 2.47. The Morgan fingerprint density at radius 3 is 3.00 bits per heavy atom. The molecule has 0 bridgehead atoms. The van der Waals surface area contributed by atoms with Gasteiger partial charge in [0.05, 0.1) is 6.04 Å². The molecule has 2 aliphatic rings. The standard InChI is InChI=1S/C17H26N2O/c1-3-9-18-15-8-10-19(11-13(15)2)16-12-20-17-7-5-4-6-14(16)17/h4-7,13,15-16,18H,3,8-12H2,1-2H3. The lowest BCUT2D eigenvalue weighted by Gasteiger charge is -2.40. The molecule has 3 rings (SSSR count). The normalized spacial score (nSPS) is 30.0. The SMILES string of the molecule is CCCNC1CCN(C2COc3ccccc32)CC1C. The summed E-state index contributed by atoms with van der Waals surface area (Å²) in [4.78, 5) is 2.61. The van der Waals surface area contributed by atoms with E-state index in [1.807, 2.05) is 0 Å². The molecule has 3 nitrogen and oxygen atoms in total. The van der Waals surface area contributed by atoms with Gasteiger partial charge in [-0.15, -0.1) is 0 Å². The fourth-order valence-electron chi connectivity index (χ4n) is 3.54. The van der Waals surface area contributed by atoms with Gasteiger partial charge in [0, 0.05) is 24.7 Å². The largest absolute Gasteiger partial charge is 0.491 e. The Kier molecular flexibility index (Phi) is 4.27. The van der Waals surface area contributed by atoms with Crippen LogP contribution in [0.1, 0.15) is 38.3 Å². The first-order chi connectivity index (χ1) is 9.79. The van der Waals surface area contributed by atoms with Crippen LogP contribution < -0.4 is 10.1 Å². The van der Waals surface area contributed by atoms with Crippen LogP contribution in [-0.2, 0) is 0 Å². The van der Waals surface area contributed by atoms with Crippen LogP contribution >= 0.6 is 0 Å². The molecule has 1 N–H and O–H groups in total. The quantitative estimate of drug-likeness (QED) is 0.913. The van der Waals surface area contributed by atoms with Gasteiger partial charge in [0.15, 0.2) is 0 Å². The number of nitrogens with zero attached hydrogens (tertiary/aromatic N) is 1. The second kappa shape index (κ2) is 6.15. The van der Waals surface area contributed by atoms with Gasteiger partial charge in [0.2, 0.25) is 0 Å². The zero-order chi connectivity index (χ0) is 13.9. The average Bonchev–Trinajstić information content (AvgIpc) is 2.90. The van der Waals surface area contributed by atoms with Crippen molar-refractivity contribution in [1.82, 2.24) is 10.2 Å². The number of para-hydroxylation sites is 1. The molecular formula is C17H26N2O. The van der Waals surface area contributed by atoms with Crippen molar-refractivity contribution in [2.24, 2.45) is 5.92 Å². The lowest BCUT2D eigenvalue weighted by atomic mass is 9.91. The van der Waals surface area contributed by atoms with E-state index in [-0.39, 0.29) is 0 Å². The molecule has 0 aromatic heterocycles. The van der Waals surface area contributed by atoms with Crippen LogP contribution in [0.15, 0.2) is 24.3 Å². The van der Waals surface area contributed by atoms with Crippen molar-refractivity contribution in [2.45, 2.75) is 38.8 Å². The fraction of sp³-hybridized carbons (Fsp3) is 0.647. The number of benzene rings is 1. The molecular weight excluding hydrogens is 248 g/mol. The number of ether oxygens (including phenoxy) is 1. The van der Waals surface area contributed by atoms with Crippen LogP contribution in [0.3, 0.4) is 0 Å². The first kappa shape index (κ1) is 13.9. The lowest BCUT2D eigenvalue weighted by Crippen LogP contribution is -2.49. The topological polar surface area (TPSA) is 24.5 Å². The second-order valence-electron chi connectivity index (χ2n) is 6.19. The van der Waals surface area contributed by atoms with E-state index in [0.717, 1.165) is 18.9 Å². The second-order valence-corrected chi connectivity index (χ2v) is 6.19. The predicted octanol–water partition coefficient (Wildman–Crippen LogP) is 2.83. The molecule has 110 valence electrons. The highest BCUT2D eigenvalue weighted by Gasteiger charge is 2.34. The van der Waals surface area contributed by atoms with Gasteiger partial charge in [0.1, 0.15) is 12.4 Å². The number of rotatable bonds is 4. The molecule has 1 aromatic carbocycles. The Morgan fingerprint density at radius 2 is 2.20 bits per heavy atom. The van der Waals surface area contributed by atoms with Gasteiger partial charge in [-0.3, -0.25) is 4.90 Å². The zero-order valence-electron chi connectivity index (χ0n) is 12.6. The summed E-state index contributed by atoms with van der Waals surface area (Å²) in [6.45, 7) is 8.92. The number of hydrogen-bond acceptors (Lipinski definition) is 3. The minimum atomic E-state index is 0.459. The molecule has 0 amide bonds. The zero-order valence-corrected chi connectivity index (χ0v) is 12.6. The van der Waals surface area contributed by atoms with Crippen molar-refractivity contribution in [2.75, 3.05) is 26.2 Å². The summed E-state index contributed by atoms with van der Waals surface area (Å²) in [5.41, 5.74) is 1.37. The third kappa shape index (κ3) is 2.70. The van der Waals surface area contributed by atoms with E-state index in [0.29, 0.717) is 18.0 Å². The maximum absolute atomic E-state index is 5.83. The summed E-state index contributed by atoms with van der Waals surface area (Å²) in [5.74, 6) is 1.79. The Bertz CT molecular complexity index is 448. The van der Waals surface area contributed by atoms with Crippen molar-refractivity contribution in [1.29, 1.82) is 0 Å². The van der Waals surface area contributed by atoms with Gasteiger partial charge in [-0.2, -0.15) is 0 Å². The molecule has 1 fully saturated rings. The van der Waals surface area contributed by atoms with E-state index >= 15 is 0 Å². The molecule has 0 aliphatic carbocycles. The van der Waals surface area contributed by atoms with E-state index in [2.05, 4.69) is 48.3 Å². The summed E-state index contributed by atoms with van der Waals surface area (Å²) in [7, 11) is 0. The Balaban J connectivity index is 1.63. The first-order valence-corrected chi connectivity index (χ1v) is 7.98. The van der Waals surface area contributed by atoms with Gasteiger partial charge in [-0.05, 0) is 31.4 Å². The van der Waals surface area contributed by atoms with E-state index < -0.39 is 0 Å². The Hall–Kier alpha value is -1.06. The molecule has 0 spiro atoms. The van der Waals surface area contributed by atoms with Crippen molar-refractivity contribution >= 4 is 0 Å². The third-order valence-electron chi connectivity index (χ3n) is 4.71. The van der Waals surface area contributed by atoms with Crippen molar-refractivity contribution in [3.63, 3.8) is 0 Å². The lowest BCUT2D eigenvalue weighted by molar-refractivity contribution is 0.0903. The number of nitrogens with one attached hydrogen (secondary N) is 1. The first-order valence-electron chi connectivity index (χ1n) is 7.98. The fourth-order valence-corrected chi connectivity index (χ4v) is 3.54. The summed E-state index contributed by atoms with van der Waals surface area (Å²) in [5, 5.41) is 3.69. The van der Waals surface area contributed by atoms with Crippen LogP contribution in [-0.4, -0.2) is 37.2 Å². The van der Waals surface area contributed by atoms with Crippen molar-refractivity contribution in [3.05, 3.63) is 29.8 Å². The third-order valence-corrected chi connectivity index (χ3v) is 4.71. The van der Waals surface area contributed by atoms with E-state index in [1.54, 1.807) is 0 Å². The highest BCUT2D eigenvalue weighted by atomic mass is 16.5. The van der Waals surface area contributed by atoms with Crippen LogP contribution in [0.25, 0.3) is 0 Å². The minimum Gasteiger partial charge on any atom is -0.491 e. The van der Waals surface area contributed by atoms with Crippen LogP contribution in [0.4, 0.5) is 0 Å². The van der Waals surface area contributed by atoms with E-state index in [4.69, 9.17) is 4.74 Å². The molecule has 20 heavy (non-hydrogen) atoms. The van der Waals surface area contributed by atoms with Gasteiger partial charge >= 0.3 is 0 Å². The maximum Gasteiger partial charge on any atom is 0.124 e. The molecule has 3 unspecified atom stereocenters. The molecule has 1 aromatic rings. The number of hydrogen-bond donors (Lipinski definition) is 1. The molecule has 2 heterocycles. The molecule has 0 saturated carbocycles. The van der Waals surface area contributed by atoms with Gasteiger partial charge < -0.3 is 10.1 Å². The maximum atomic E-state index is 5.83. The van der Waals surface area contributed by atoms with Crippen LogP contribution in [0.5, 0.6) is 5.75 Å². The van der Waals surface area contributed by atoms with Crippen molar-refractivity contribution in [3.8, 4) is 5.75 Å². The summed E-state index contributed by atoms with van der Waals surface area (Å²) < 4.78 is 5.83. The predicted molar refractivity (Wildman–Crippen MR) is 82.1 cm³/mol. The van der Waals surface area contributed by atoms with Crippen LogP contribution in [0, 0.1) is 5.92 Å². The van der Waals surface area contributed by atoms with Crippen LogP contribution in [0.2, 0.25) is 0 Å². The highest BCUT2D eigenvalue weighted by Crippen LogP contribution is 2.37. The van der Waals surface area contributed by atoms with Crippen molar-refractivity contribution < 1.29 is 4.74 Å². The molecule has 3 atom stereocenters. The summed E-state index contributed by atoms with van der Waals surface area (Å²) in [6, 6.07) is 9.64. The number of piperidine rings is 1. The Morgan fingerprint density at radius 1 is 1.35 bits per heavy atom. The van der Waals surface area contributed by atoms with E-state index in [1.165, 1.54) is 31.5 Å². The molecule has 3 heteroatoms. The van der Waals surface area contributed by atoms with Gasteiger partial charge in [-0.25, -0.2) is 0 Å². The molecule has 2 aliphatic heterocycles. The smallest absolute Gasteiger partial charge is 0.124 e. The molecule has 0 radical (unpaired) electrons. The Labute approximate surface area is 122 Å². The van der Waals surface area contributed by atoms with E-state index in [9.17, 15) is 0 Å². The number of likely N-dealkylation sites (tertiary alicyclic amines) is 1. The van der Waals surface area contributed by atoms with Gasteiger partial charge in [0.25, 0.3) is 0 Å². The monoisotopic (exact) mass is 274 g/mol. The van der Waals surface area contributed by atoms with Gasteiger partial charge in [-0.1, -0.05) is 32.0 Å². The minimum absolute atomic E-state index is 0.459. The highest BCUT2D eigenvalue weighted by molar-refractivity contribution is 5.39. The summed E-state index contributed by atoms with van der Waals surface area (Å²) >= 11 is 0. The number of fused-ring (bicyclic) bond motifs is 1. The average molecular weight is 274 g/mol. The molecule has 1 saturated heterocycles.